The molecule has 0 radical (unpaired) electrons. The second-order valence-corrected chi connectivity index (χ2v) is 6.96. The molecule has 104 valence electrons. The van der Waals surface area contributed by atoms with Crippen molar-refractivity contribution in [3.05, 3.63) is 15.5 Å². The minimum atomic E-state index is 0.195. The van der Waals surface area contributed by atoms with Gasteiger partial charge in [0.1, 0.15) is 15.4 Å². The molecule has 1 unspecified atom stereocenters. The number of aliphatic imine (C=N–C) groups is 1. The van der Waals surface area contributed by atoms with E-state index in [1.807, 2.05) is 0 Å². The lowest BCUT2D eigenvalue weighted by Gasteiger charge is -2.33. The summed E-state index contributed by atoms with van der Waals surface area (Å²) < 4.78 is 0.737. The van der Waals surface area contributed by atoms with Crippen LogP contribution < -0.4 is 5.73 Å². The van der Waals surface area contributed by atoms with Crippen molar-refractivity contribution in [1.29, 1.82) is 0 Å². The highest BCUT2D eigenvalue weighted by Crippen LogP contribution is 2.35. The summed E-state index contributed by atoms with van der Waals surface area (Å²) >= 11 is 7.55. The minimum absolute atomic E-state index is 0.195. The molecule has 19 heavy (non-hydrogen) atoms. The molecule has 1 atom stereocenters. The van der Waals surface area contributed by atoms with Crippen LogP contribution in [0, 0.1) is 0 Å². The van der Waals surface area contributed by atoms with Crippen LogP contribution in [0.2, 0.25) is 4.34 Å². The van der Waals surface area contributed by atoms with Crippen LogP contribution in [-0.2, 0) is 0 Å². The Hall–Kier alpha value is -0.810. The number of hydrogen-bond donors (Lipinski definition) is 1. The van der Waals surface area contributed by atoms with Crippen LogP contribution in [0.4, 0.5) is 0 Å². The van der Waals surface area contributed by atoms with E-state index in [9.17, 15) is 0 Å². The van der Waals surface area contributed by atoms with Crippen LogP contribution in [0.15, 0.2) is 11.2 Å². The molecule has 1 aliphatic carbocycles. The van der Waals surface area contributed by atoms with E-state index in [2.05, 4.69) is 14.9 Å². The minimum Gasteiger partial charge on any atom is -0.370 e. The summed E-state index contributed by atoms with van der Waals surface area (Å²) in [5.41, 5.74) is 6.12. The molecule has 2 heterocycles. The van der Waals surface area contributed by atoms with Gasteiger partial charge in [-0.05, 0) is 12.8 Å². The molecule has 2 aliphatic rings. The zero-order valence-electron chi connectivity index (χ0n) is 10.9. The molecule has 0 amide bonds. The molecule has 2 N–H and O–H groups in total. The number of aromatic nitrogens is 1. The molecule has 0 spiro atoms. The van der Waals surface area contributed by atoms with Crippen LogP contribution in [0.1, 0.15) is 49.6 Å². The van der Waals surface area contributed by atoms with Crippen molar-refractivity contribution in [2.24, 2.45) is 10.7 Å². The Morgan fingerprint density at radius 2 is 2.00 bits per heavy atom. The highest BCUT2D eigenvalue weighted by Gasteiger charge is 2.35. The number of halogens is 1. The van der Waals surface area contributed by atoms with Gasteiger partial charge in [-0.15, -0.1) is 11.3 Å². The lowest BCUT2D eigenvalue weighted by Crippen LogP contribution is -2.43. The SMILES string of the molecule is NC1=NCC(c2ncc(Cl)s2)N1C1CCCCCC1. The monoisotopic (exact) mass is 298 g/mol. The molecule has 1 fully saturated rings. The van der Waals surface area contributed by atoms with Crippen molar-refractivity contribution >= 4 is 28.9 Å². The molecular weight excluding hydrogens is 280 g/mol. The standard InChI is InChI=1S/C13H19ClN4S/c14-11-8-16-12(19-11)10-7-17-13(15)18(10)9-5-3-1-2-4-6-9/h8-10H,1-7H2,(H2,15,17). The fourth-order valence-electron chi connectivity index (χ4n) is 3.10. The summed E-state index contributed by atoms with van der Waals surface area (Å²) in [5, 5.41) is 1.04. The van der Waals surface area contributed by atoms with E-state index < -0.39 is 0 Å². The predicted molar refractivity (Wildman–Crippen MR) is 79.7 cm³/mol. The molecular formula is C13H19ClN4S. The molecule has 0 saturated heterocycles. The highest BCUT2D eigenvalue weighted by molar-refractivity contribution is 7.15. The molecule has 6 heteroatoms. The van der Waals surface area contributed by atoms with Gasteiger partial charge in [-0.3, -0.25) is 4.99 Å². The first kappa shape index (κ1) is 13.2. The number of guanidine groups is 1. The molecule has 1 aromatic heterocycles. The summed E-state index contributed by atoms with van der Waals surface area (Å²) in [6.45, 7) is 0.714. The summed E-state index contributed by atoms with van der Waals surface area (Å²) in [5.74, 6) is 0.684. The maximum atomic E-state index is 6.12. The predicted octanol–water partition coefficient (Wildman–Crippen LogP) is 3.19. The number of rotatable bonds is 2. The molecule has 4 nitrogen and oxygen atoms in total. The Kier molecular flexibility index (Phi) is 3.93. The molecule has 1 saturated carbocycles. The van der Waals surface area contributed by atoms with Gasteiger partial charge in [-0.1, -0.05) is 37.3 Å². The largest absolute Gasteiger partial charge is 0.370 e. The lowest BCUT2D eigenvalue weighted by atomic mass is 10.1. The molecule has 0 aromatic carbocycles. The van der Waals surface area contributed by atoms with Crippen molar-refractivity contribution in [3.63, 3.8) is 0 Å². The fourth-order valence-corrected chi connectivity index (χ4v) is 4.13. The second-order valence-electron chi connectivity index (χ2n) is 5.27. The van der Waals surface area contributed by atoms with Gasteiger partial charge in [0.25, 0.3) is 0 Å². The van der Waals surface area contributed by atoms with E-state index >= 15 is 0 Å². The fraction of sp³-hybridized carbons (Fsp3) is 0.692. The van der Waals surface area contributed by atoms with Gasteiger partial charge in [0.05, 0.1) is 12.7 Å². The summed E-state index contributed by atoms with van der Waals surface area (Å²) in [6, 6.07) is 0.710. The second kappa shape index (κ2) is 5.67. The van der Waals surface area contributed by atoms with Crippen LogP contribution in [-0.4, -0.2) is 28.4 Å². The Bertz CT molecular complexity index is 465. The van der Waals surface area contributed by atoms with Crippen molar-refractivity contribution in [3.8, 4) is 0 Å². The Labute approximate surface area is 122 Å². The summed E-state index contributed by atoms with van der Waals surface area (Å²) in [4.78, 5) is 11.1. The van der Waals surface area contributed by atoms with Gasteiger partial charge >= 0.3 is 0 Å². The van der Waals surface area contributed by atoms with Gasteiger partial charge in [-0.25, -0.2) is 4.98 Å². The first-order chi connectivity index (χ1) is 9.25. The average Bonchev–Trinajstić information content (AvgIpc) is 2.87. The van der Waals surface area contributed by atoms with E-state index in [1.165, 1.54) is 38.5 Å². The highest BCUT2D eigenvalue weighted by atomic mass is 35.5. The molecule has 1 aliphatic heterocycles. The first-order valence-electron chi connectivity index (χ1n) is 6.95. The first-order valence-corrected chi connectivity index (χ1v) is 8.14. The quantitative estimate of drug-likeness (QED) is 0.853. The van der Waals surface area contributed by atoms with Gasteiger partial charge < -0.3 is 10.6 Å². The van der Waals surface area contributed by atoms with Crippen LogP contribution >= 0.6 is 22.9 Å². The summed E-state index contributed by atoms with van der Waals surface area (Å²) in [7, 11) is 0. The van der Waals surface area contributed by atoms with Crippen LogP contribution in [0.5, 0.6) is 0 Å². The normalized spacial score (nSPS) is 25.4. The Morgan fingerprint density at radius 3 is 2.63 bits per heavy atom. The zero-order valence-corrected chi connectivity index (χ0v) is 12.5. The number of nitrogens with two attached hydrogens (primary N) is 1. The van der Waals surface area contributed by atoms with E-state index in [4.69, 9.17) is 17.3 Å². The van der Waals surface area contributed by atoms with Crippen molar-refractivity contribution in [2.45, 2.75) is 50.6 Å². The topological polar surface area (TPSA) is 54.5 Å². The number of hydrogen-bond acceptors (Lipinski definition) is 5. The van der Waals surface area contributed by atoms with Crippen LogP contribution in [0.25, 0.3) is 0 Å². The van der Waals surface area contributed by atoms with E-state index in [1.54, 1.807) is 17.5 Å². The summed E-state index contributed by atoms with van der Waals surface area (Å²) in [6.07, 6.45) is 9.42. The zero-order chi connectivity index (χ0) is 13.2. The number of thiazole rings is 1. The van der Waals surface area contributed by atoms with E-state index in [0.29, 0.717) is 18.5 Å². The third-order valence-electron chi connectivity index (χ3n) is 4.03. The molecule has 3 rings (SSSR count). The van der Waals surface area contributed by atoms with Crippen molar-refractivity contribution in [2.75, 3.05) is 6.54 Å². The van der Waals surface area contributed by atoms with Gasteiger partial charge in [0, 0.05) is 6.04 Å². The maximum absolute atomic E-state index is 6.12. The molecule has 1 aromatic rings. The van der Waals surface area contributed by atoms with Crippen molar-refractivity contribution in [1.82, 2.24) is 9.88 Å². The smallest absolute Gasteiger partial charge is 0.192 e. The van der Waals surface area contributed by atoms with E-state index in [0.717, 1.165) is 9.34 Å². The van der Waals surface area contributed by atoms with Gasteiger partial charge in [0.2, 0.25) is 0 Å². The Balaban J connectivity index is 1.81. The molecule has 0 bridgehead atoms. The Morgan fingerprint density at radius 1 is 1.26 bits per heavy atom. The van der Waals surface area contributed by atoms with Crippen LogP contribution in [0.3, 0.4) is 0 Å². The lowest BCUT2D eigenvalue weighted by molar-refractivity contribution is 0.237. The average molecular weight is 299 g/mol. The van der Waals surface area contributed by atoms with Gasteiger partial charge in [-0.2, -0.15) is 0 Å². The van der Waals surface area contributed by atoms with E-state index in [-0.39, 0.29) is 6.04 Å². The third kappa shape index (κ3) is 2.72. The number of nitrogens with zero attached hydrogens (tertiary/aromatic N) is 3. The van der Waals surface area contributed by atoms with Gasteiger partial charge in [0.15, 0.2) is 5.96 Å². The maximum Gasteiger partial charge on any atom is 0.192 e. The van der Waals surface area contributed by atoms with Crippen molar-refractivity contribution < 1.29 is 0 Å². The third-order valence-corrected chi connectivity index (χ3v) is 5.24.